The van der Waals surface area contributed by atoms with Crippen LogP contribution in [0.3, 0.4) is 0 Å². The van der Waals surface area contributed by atoms with Crippen LogP contribution in [0, 0.1) is 18.3 Å². The maximum atomic E-state index is 12.4. The van der Waals surface area contributed by atoms with Crippen LogP contribution in [-0.2, 0) is 10.0 Å². The zero-order chi connectivity index (χ0) is 16.3. The van der Waals surface area contributed by atoms with Crippen molar-refractivity contribution >= 4 is 10.0 Å². The molecule has 0 bridgehead atoms. The van der Waals surface area contributed by atoms with E-state index in [4.69, 9.17) is 5.26 Å². The predicted octanol–water partition coefficient (Wildman–Crippen LogP) is 2.83. The van der Waals surface area contributed by atoms with E-state index < -0.39 is 29.2 Å². The third-order valence-electron chi connectivity index (χ3n) is 2.92. The summed E-state index contributed by atoms with van der Waals surface area (Å²) in [7, 11) is -4.01. The lowest BCUT2D eigenvalue weighted by atomic mass is 10.2. The minimum atomic E-state index is -4.41. The van der Waals surface area contributed by atoms with Gasteiger partial charge in [-0.1, -0.05) is 6.92 Å². The van der Waals surface area contributed by atoms with Crippen molar-refractivity contribution in [3.05, 3.63) is 29.3 Å². The highest BCUT2D eigenvalue weighted by molar-refractivity contribution is 7.89. The standard InChI is InChI=1S/C13H15F3N2O2S/c1-3-18(7-6-13(14,15)16)21(19,20)12-5-4-11(9-17)8-10(12)2/h4-5,8H,3,6-7H2,1-2H3. The molecule has 0 saturated carbocycles. The summed E-state index contributed by atoms with van der Waals surface area (Å²) < 4.78 is 62.3. The average Bonchev–Trinajstić information content (AvgIpc) is 2.37. The fourth-order valence-corrected chi connectivity index (χ4v) is 3.50. The number of nitriles is 1. The summed E-state index contributed by atoms with van der Waals surface area (Å²) in [4.78, 5) is -0.0782. The van der Waals surface area contributed by atoms with Gasteiger partial charge < -0.3 is 0 Å². The maximum absolute atomic E-state index is 12.4. The second-order valence-electron chi connectivity index (χ2n) is 4.45. The smallest absolute Gasteiger partial charge is 0.207 e. The minimum Gasteiger partial charge on any atom is -0.207 e. The van der Waals surface area contributed by atoms with E-state index >= 15 is 0 Å². The van der Waals surface area contributed by atoms with Gasteiger partial charge in [-0.2, -0.15) is 22.7 Å². The molecule has 0 aliphatic heterocycles. The van der Waals surface area contributed by atoms with Gasteiger partial charge in [0.05, 0.1) is 22.9 Å². The SMILES string of the molecule is CCN(CCC(F)(F)F)S(=O)(=O)c1ccc(C#N)cc1C. The molecule has 0 atom stereocenters. The Bertz CT molecular complexity index is 648. The van der Waals surface area contributed by atoms with Crippen molar-refractivity contribution < 1.29 is 21.6 Å². The van der Waals surface area contributed by atoms with Crippen LogP contribution >= 0.6 is 0 Å². The summed E-state index contributed by atoms with van der Waals surface area (Å²) in [6, 6.07) is 5.85. The van der Waals surface area contributed by atoms with Gasteiger partial charge in [0, 0.05) is 13.1 Å². The van der Waals surface area contributed by atoms with Crippen LogP contribution in [0.1, 0.15) is 24.5 Å². The van der Waals surface area contributed by atoms with Crippen LogP contribution in [0.2, 0.25) is 0 Å². The van der Waals surface area contributed by atoms with Crippen molar-refractivity contribution in [2.24, 2.45) is 0 Å². The summed E-state index contributed by atoms with van der Waals surface area (Å²) in [5.74, 6) is 0. The molecule has 0 N–H and O–H groups in total. The third-order valence-corrected chi connectivity index (χ3v) is 5.05. The zero-order valence-corrected chi connectivity index (χ0v) is 12.4. The van der Waals surface area contributed by atoms with Crippen LogP contribution in [0.4, 0.5) is 13.2 Å². The molecule has 0 spiro atoms. The Morgan fingerprint density at radius 3 is 2.38 bits per heavy atom. The van der Waals surface area contributed by atoms with Crippen molar-refractivity contribution in [3.8, 4) is 6.07 Å². The normalized spacial score (nSPS) is 12.4. The number of sulfonamides is 1. The van der Waals surface area contributed by atoms with E-state index in [9.17, 15) is 21.6 Å². The molecular formula is C13H15F3N2O2S. The van der Waals surface area contributed by atoms with Crippen molar-refractivity contribution in [3.63, 3.8) is 0 Å². The zero-order valence-electron chi connectivity index (χ0n) is 11.6. The van der Waals surface area contributed by atoms with Crippen LogP contribution in [0.5, 0.6) is 0 Å². The van der Waals surface area contributed by atoms with E-state index in [0.29, 0.717) is 11.1 Å². The first-order chi connectivity index (χ1) is 9.61. The maximum Gasteiger partial charge on any atom is 0.390 e. The average molecular weight is 320 g/mol. The van der Waals surface area contributed by atoms with Gasteiger partial charge in [0.15, 0.2) is 0 Å². The van der Waals surface area contributed by atoms with Crippen LogP contribution in [0.25, 0.3) is 0 Å². The van der Waals surface area contributed by atoms with E-state index in [1.807, 2.05) is 6.07 Å². The molecule has 0 aliphatic carbocycles. The van der Waals surface area contributed by atoms with Crippen LogP contribution in [-0.4, -0.2) is 32.0 Å². The van der Waals surface area contributed by atoms with Crippen molar-refractivity contribution in [2.75, 3.05) is 13.1 Å². The van der Waals surface area contributed by atoms with Gasteiger partial charge in [-0.25, -0.2) is 8.42 Å². The molecule has 0 amide bonds. The molecule has 116 valence electrons. The Hall–Kier alpha value is -1.59. The topological polar surface area (TPSA) is 61.2 Å². The lowest BCUT2D eigenvalue weighted by Gasteiger charge is -2.22. The molecule has 1 aromatic rings. The fourth-order valence-electron chi connectivity index (χ4n) is 1.85. The van der Waals surface area contributed by atoms with E-state index in [1.54, 1.807) is 0 Å². The molecule has 8 heteroatoms. The quantitative estimate of drug-likeness (QED) is 0.838. The molecule has 0 aliphatic rings. The monoisotopic (exact) mass is 320 g/mol. The summed E-state index contributed by atoms with van der Waals surface area (Å²) in [5.41, 5.74) is 0.629. The Balaban J connectivity index is 3.11. The molecular weight excluding hydrogens is 305 g/mol. The van der Waals surface area contributed by atoms with Crippen molar-refractivity contribution in [1.29, 1.82) is 5.26 Å². The van der Waals surface area contributed by atoms with E-state index in [1.165, 1.54) is 32.0 Å². The lowest BCUT2D eigenvalue weighted by molar-refractivity contribution is -0.135. The van der Waals surface area contributed by atoms with Gasteiger partial charge in [0.1, 0.15) is 0 Å². The lowest BCUT2D eigenvalue weighted by Crippen LogP contribution is -2.34. The summed E-state index contributed by atoms with van der Waals surface area (Å²) in [6.45, 7) is 2.30. The van der Waals surface area contributed by atoms with Gasteiger partial charge in [-0.3, -0.25) is 0 Å². The Morgan fingerprint density at radius 2 is 1.95 bits per heavy atom. The molecule has 0 heterocycles. The molecule has 4 nitrogen and oxygen atoms in total. The number of halogens is 3. The number of rotatable bonds is 5. The highest BCUT2D eigenvalue weighted by atomic mass is 32.2. The van der Waals surface area contributed by atoms with Crippen molar-refractivity contribution in [1.82, 2.24) is 4.31 Å². The second kappa shape index (κ2) is 6.45. The molecule has 0 fully saturated rings. The van der Waals surface area contributed by atoms with Gasteiger partial charge >= 0.3 is 6.18 Å². The third kappa shape index (κ3) is 4.44. The largest absolute Gasteiger partial charge is 0.390 e. The van der Waals surface area contributed by atoms with Gasteiger partial charge in [-0.05, 0) is 30.7 Å². The minimum absolute atomic E-state index is 0.0577. The molecule has 0 saturated heterocycles. The molecule has 0 unspecified atom stereocenters. The molecule has 0 aromatic heterocycles. The number of aryl methyl sites for hydroxylation is 1. The number of nitrogens with zero attached hydrogens (tertiary/aromatic N) is 2. The molecule has 1 aromatic carbocycles. The summed E-state index contributed by atoms with van der Waals surface area (Å²) >= 11 is 0. The number of benzene rings is 1. The summed E-state index contributed by atoms with van der Waals surface area (Å²) in [5, 5.41) is 8.75. The highest BCUT2D eigenvalue weighted by Crippen LogP contribution is 2.24. The van der Waals surface area contributed by atoms with Crippen molar-refractivity contribution in [2.45, 2.75) is 31.3 Å². The molecule has 21 heavy (non-hydrogen) atoms. The Morgan fingerprint density at radius 1 is 1.33 bits per heavy atom. The first kappa shape index (κ1) is 17.5. The van der Waals surface area contributed by atoms with Crippen LogP contribution < -0.4 is 0 Å². The first-order valence-corrected chi connectivity index (χ1v) is 7.63. The van der Waals surface area contributed by atoms with Gasteiger partial charge in [0.25, 0.3) is 0 Å². The highest BCUT2D eigenvalue weighted by Gasteiger charge is 2.32. The Labute approximate surface area is 121 Å². The number of alkyl halides is 3. The van der Waals surface area contributed by atoms with E-state index in [-0.39, 0.29) is 11.4 Å². The van der Waals surface area contributed by atoms with E-state index in [0.717, 1.165) is 4.31 Å². The second-order valence-corrected chi connectivity index (χ2v) is 6.36. The van der Waals surface area contributed by atoms with Crippen LogP contribution in [0.15, 0.2) is 23.1 Å². The Kier molecular flexibility index (Phi) is 5.36. The summed E-state index contributed by atoms with van der Waals surface area (Å²) in [6.07, 6.45) is -5.61. The van der Waals surface area contributed by atoms with E-state index in [2.05, 4.69) is 0 Å². The van der Waals surface area contributed by atoms with Gasteiger partial charge in [-0.15, -0.1) is 0 Å². The molecule has 1 rings (SSSR count). The molecule has 0 radical (unpaired) electrons. The number of hydrogen-bond acceptors (Lipinski definition) is 3. The number of hydrogen-bond donors (Lipinski definition) is 0. The first-order valence-electron chi connectivity index (χ1n) is 6.19. The van der Waals surface area contributed by atoms with Gasteiger partial charge in [0.2, 0.25) is 10.0 Å². The fraction of sp³-hybridized carbons (Fsp3) is 0.462. The predicted molar refractivity (Wildman–Crippen MR) is 71.0 cm³/mol.